The van der Waals surface area contributed by atoms with Gasteiger partial charge in [-0.3, -0.25) is 4.79 Å². The van der Waals surface area contributed by atoms with Gasteiger partial charge >= 0.3 is 0 Å². The number of nitrogens with one attached hydrogen (secondary N) is 1. The first-order chi connectivity index (χ1) is 8.08. The third kappa shape index (κ3) is 4.32. The molecule has 0 saturated carbocycles. The maximum absolute atomic E-state index is 12.0. The van der Waals surface area contributed by atoms with E-state index in [1.54, 1.807) is 13.2 Å². The van der Waals surface area contributed by atoms with E-state index in [9.17, 15) is 4.79 Å². The van der Waals surface area contributed by atoms with Crippen LogP contribution in [0.5, 0.6) is 5.75 Å². The van der Waals surface area contributed by atoms with Crippen LogP contribution in [0.3, 0.4) is 0 Å². The van der Waals surface area contributed by atoms with Crippen LogP contribution in [0.4, 0.5) is 0 Å². The number of carbonyl (C=O) groups excluding carboxylic acids is 1. The molecule has 5 heteroatoms. The van der Waals surface area contributed by atoms with Gasteiger partial charge in [0.25, 0.3) is 5.91 Å². The topological polar surface area (TPSA) is 38.3 Å². The molecule has 1 aromatic heterocycles. The van der Waals surface area contributed by atoms with Crippen LogP contribution < -0.4 is 10.1 Å². The predicted octanol–water partition coefficient (Wildman–Crippen LogP) is 3.30. The predicted molar refractivity (Wildman–Crippen MR) is 75.4 cm³/mol. The number of alkyl halides is 1. The molecule has 0 radical (unpaired) electrons. The minimum absolute atomic E-state index is 0.0158. The molecule has 1 aromatic rings. The summed E-state index contributed by atoms with van der Waals surface area (Å²) < 4.78 is 5.07. The van der Waals surface area contributed by atoms with Crippen molar-refractivity contribution in [1.29, 1.82) is 0 Å². The highest BCUT2D eigenvalue weighted by molar-refractivity contribution is 9.09. The van der Waals surface area contributed by atoms with Gasteiger partial charge in [0.15, 0.2) is 0 Å². The number of carbonyl (C=O) groups is 1. The lowest BCUT2D eigenvalue weighted by Gasteiger charge is -2.21. The number of ether oxygens (including phenoxy) is 1. The Kier molecular flexibility index (Phi) is 5.98. The van der Waals surface area contributed by atoms with Crippen LogP contribution >= 0.6 is 27.3 Å². The fraction of sp³-hybridized carbons (Fsp3) is 0.583. The lowest BCUT2D eigenvalue weighted by Crippen LogP contribution is -2.38. The molecule has 0 aliphatic carbocycles. The summed E-state index contributed by atoms with van der Waals surface area (Å²) >= 11 is 4.82. The fourth-order valence-corrected chi connectivity index (χ4v) is 2.72. The lowest BCUT2D eigenvalue weighted by atomic mass is 10.0. The third-order valence-corrected chi connectivity index (χ3v) is 3.94. The first-order valence-corrected chi connectivity index (χ1v) is 7.58. The summed E-state index contributed by atoms with van der Waals surface area (Å²) in [6.07, 6.45) is 0.936. The maximum Gasteiger partial charge on any atom is 0.261 e. The zero-order valence-corrected chi connectivity index (χ0v) is 12.7. The summed E-state index contributed by atoms with van der Waals surface area (Å²) in [5, 5.41) is 5.79. The number of methoxy groups -OCH3 is 1. The summed E-state index contributed by atoms with van der Waals surface area (Å²) in [7, 11) is 1.60. The first-order valence-electron chi connectivity index (χ1n) is 5.57. The average molecular weight is 320 g/mol. The number of halogens is 1. The first kappa shape index (κ1) is 14.5. The summed E-state index contributed by atoms with van der Waals surface area (Å²) in [4.78, 5) is 12.7. The molecule has 3 nitrogen and oxygen atoms in total. The van der Waals surface area contributed by atoms with Gasteiger partial charge in [-0.2, -0.15) is 0 Å². The molecule has 0 aliphatic heterocycles. The number of hydrogen-bond donors (Lipinski definition) is 1. The summed E-state index contributed by atoms with van der Waals surface area (Å²) in [6, 6.07) is 1.97. The smallest absolute Gasteiger partial charge is 0.261 e. The van der Waals surface area contributed by atoms with Gasteiger partial charge in [0, 0.05) is 22.8 Å². The van der Waals surface area contributed by atoms with Gasteiger partial charge < -0.3 is 10.1 Å². The van der Waals surface area contributed by atoms with E-state index in [4.69, 9.17) is 4.74 Å². The molecule has 1 atom stereocenters. The normalized spacial score (nSPS) is 12.5. The summed E-state index contributed by atoms with van der Waals surface area (Å²) in [6.45, 7) is 4.23. The van der Waals surface area contributed by atoms with Crippen molar-refractivity contribution in [2.24, 2.45) is 5.92 Å². The third-order valence-electron chi connectivity index (χ3n) is 2.58. The Balaban J connectivity index is 2.63. The maximum atomic E-state index is 12.0. The van der Waals surface area contributed by atoms with E-state index in [0.29, 0.717) is 10.8 Å². The Morgan fingerprint density at radius 2 is 2.29 bits per heavy atom. The van der Waals surface area contributed by atoms with Gasteiger partial charge in [-0.05, 0) is 12.3 Å². The molecule has 1 rings (SSSR count). The molecule has 0 aliphatic rings. The molecular formula is C12H18BrNO2S. The molecule has 96 valence electrons. The van der Waals surface area contributed by atoms with E-state index in [0.717, 1.165) is 17.5 Å². The van der Waals surface area contributed by atoms with Crippen molar-refractivity contribution in [3.05, 3.63) is 16.3 Å². The van der Waals surface area contributed by atoms with E-state index in [2.05, 4.69) is 35.1 Å². The zero-order valence-electron chi connectivity index (χ0n) is 10.3. The highest BCUT2D eigenvalue weighted by Crippen LogP contribution is 2.21. The fourth-order valence-electron chi connectivity index (χ4n) is 1.47. The molecular weight excluding hydrogens is 302 g/mol. The largest absolute Gasteiger partial charge is 0.496 e. The molecule has 0 aromatic carbocycles. The van der Waals surface area contributed by atoms with Crippen molar-refractivity contribution in [1.82, 2.24) is 5.32 Å². The van der Waals surface area contributed by atoms with Crippen molar-refractivity contribution in [2.75, 3.05) is 12.4 Å². The van der Waals surface area contributed by atoms with E-state index in [-0.39, 0.29) is 11.9 Å². The van der Waals surface area contributed by atoms with E-state index >= 15 is 0 Å². The second-order valence-corrected chi connectivity index (χ2v) is 5.86. The van der Waals surface area contributed by atoms with Crippen LogP contribution in [0.1, 0.15) is 29.9 Å². The lowest BCUT2D eigenvalue weighted by molar-refractivity contribution is 0.0929. The molecule has 0 saturated heterocycles. The number of thiophene rings is 1. The Hall–Kier alpha value is -0.550. The Bertz CT molecular complexity index is 365. The molecule has 1 N–H and O–H groups in total. The number of rotatable bonds is 6. The molecule has 1 amide bonds. The van der Waals surface area contributed by atoms with E-state index in [1.165, 1.54) is 11.3 Å². The highest BCUT2D eigenvalue weighted by Gasteiger charge is 2.17. The van der Waals surface area contributed by atoms with Crippen molar-refractivity contribution in [2.45, 2.75) is 26.3 Å². The van der Waals surface area contributed by atoms with Crippen molar-refractivity contribution < 1.29 is 9.53 Å². The average Bonchev–Trinajstić information content (AvgIpc) is 2.76. The van der Waals surface area contributed by atoms with Crippen molar-refractivity contribution in [3.8, 4) is 5.75 Å². The molecule has 0 fully saturated rings. The van der Waals surface area contributed by atoms with Gasteiger partial charge in [0.2, 0.25) is 0 Å². The van der Waals surface area contributed by atoms with Gasteiger partial charge in [0.05, 0.1) is 12.0 Å². The van der Waals surface area contributed by atoms with Crippen LogP contribution in [0, 0.1) is 5.92 Å². The minimum atomic E-state index is -0.0158. The number of hydrogen-bond acceptors (Lipinski definition) is 3. The van der Waals surface area contributed by atoms with E-state index in [1.807, 2.05) is 5.38 Å². The SMILES string of the molecule is COc1csc(C(=O)NC(CCBr)C(C)C)c1. The Morgan fingerprint density at radius 1 is 1.59 bits per heavy atom. The standard InChI is InChI=1S/C12H18BrNO2S/c1-8(2)10(4-5-13)14-12(15)11-6-9(16-3)7-17-11/h6-8,10H,4-5H2,1-3H3,(H,14,15). The summed E-state index contributed by atoms with van der Waals surface area (Å²) in [5.74, 6) is 1.15. The zero-order chi connectivity index (χ0) is 12.8. The van der Waals surface area contributed by atoms with Gasteiger partial charge in [0.1, 0.15) is 5.75 Å². The highest BCUT2D eigenvalue weighted by atomic mass is 79.9. The molecule has 1 heterocycles. The molecule has 0 bridgehead atoms. The Morgan fingerprint density at radius 3 is 2.76 bits per heavy atom. The number of amides is 1. The van der Waals surface area contributed by atoms with Crippen LogP contribution in [-0.4, -0.2) is 24.4 Å². The molecule has 17 heavy (non-hydrogen) atoms. The quantitative estimate of drug-likeness (QED) is 0.817. The van der Waals surface area contributed by atoms with Crippen molar-refractivity contribution >= 4 is 33.2 Å². The molecule has 1 unspecified atom stereocenters. The summed E-state index contributed by atoms with van der Waals surface area (Å²) in [5.41, 5.74) is 0. The van der Waals surface area contributed by atoms with Gasteiger partial charge in [-0.15, -0.1) is 11.3 Å². The monoisotopic (exact) mass is 319 g/mol. The Labute approximate surface area is 115 Å². The second-order valence-electron chi connectivity index (χ2n) is 4.15. The van der Waals surface area contributed by atoms with Crippen LogP contribution in [0.25, 0.3) is 0 Å². The van der Waals surface area contributed by atoms with E-state index < -0.39 is 0 Å². The second kappa shape index (κ2) is 7.01. The van der Waals surface area contributed by atoms with Crippen LogP contribution in [0.15, 0.2) is 11.4 Å². The van der Waals surface area contributed by atoms with Crippen LogP contribution in [0.2, 0.25) is 0 Å². The van der Waals surface area contributed by atoms with Crippen molar-refractivity contribution in [3.63, 3.8) is 0 Å². The van der Waals surface area contributed by atoms with Gasteiger partial charge in [-0.25, -0.2) is 0 Å². The molecule has 0 spiro atoms. The van der Waals surface area contributed by atoms with Gasteiger partial charge in [-0.1, -0.05) is 29.8 Å². The van der Waals surface area contributed by atoms with Crippen LogP contribution in [-0.2, 0) is 0 Å². The minimum Gasteiger partial charge on any atom is -0.496 e.